The van der Waals surface area contributed by atoms with Crippen molar-refractivity contribution in [3.63, 3.8) is 0 Å². The summed E-state index contributed by atoms with van der Waals surface area (Å²) < 4.78 is 15.3. The third-order valence-corrected chi connectivity index (χ3v) is 2.60. The van der Waals surface area contributed by atoms with Gasteiger partial charge in [-0.15, -0.1) is 0 Å². The summed E-state index contributed by atoms with van der Waals surface area (Å²) >= 11 is 0. The van der Waals surface area contributed by atoms with Crippen molar-refractivity contribution < 1.29 is 23.9 Å². The maximum atomic E-state index is 10.9. The summed E-state index contributed by atoms with van der Waals surface area (Å²) in [6, 6.07) is 10.4. The van der Waals surface area contributed by atoms with E-state index in [1.54, 1.807) is 12.1 Å². The highest BCUT2D eigenvalue weighted by Gasteiger charge is 2.16. The first-order valence-electron chi connectivity index (χ1n) is 5.85. The lowest BCUT2D eigenvalue weighted by atomic mass is 10.2. The molecule has 2 aromatic carbocycles. The molecular weight excluding hydrogens is 278 g/mol. The number of carbonyl (C=O) groups excluding carboxylic acids is 1. The van der Waals surface area contributed by atoms with Crippen molar-refractivity contribution in [2.75, 3.05) is 7.11 Å². The van der Waals surface area contributed by atoms with E-state index in [4.69, 9.17) is 14.2 Å². The highest BCUT2D eigenvalue weighted by atomic mass is 16.6. The van der Waals surface area contributed by atoms with Crippen LogP contribution in [0.25, 0.3) is 0 Å². The SMILES string of the molecule is COc1cc(OC=O)ccc1Oc1ccccc1[N+](=O)[O-]. The van der Waals surface area contributed by atoms with E-state index < -0.39 is 4.92 Å². The van der Waals surface area contributed by atoms with Gasteiger partial charge in [-0.1, -0.05) is 12.1 Å². The number of benzene rings is 2. The number of ether oxygens (including phenoxy) is 3. The Bertz CT molecular complexity index is 670. The number of rotatable bonds is 6. The maximum absolute atomic E-state index is 10.9. The fraction of sp³-hybridized carbons (Fsp3) is 0.0714. The normalized spacial score (nSPS) is 9.76. The molecular formula is C14H11NO6. The third-order valence-electron chi connectivity index (χ3n) is 2.60. The van der Waals surface area contributed by atoms with Crippen molar-refractivity contribution in [2.45, 2.75) is 0 Å². The number of para-hydroxylation sites is 2. The Morgan fingerprint density at radius 3 is 2.52 bits per heavy atom. The molecule has 0 radical (unpaired) electrons. The molecule has 0 spiro atoms. The summed E-state index contributed by atoms with van der Waals surface area (Å²) in [6.07, 6.45) is 0. The molecule has 0 atom stereocenters. The van der Waals surface area contributed by atoms with E-state index in [9.17, 15) is 14.9 Å². The summed E-state index contributed by atoms with van der Waals surface area (Å²) in [6.45, 7) is 0.289. The largest absolute Gasteiger partial charge is 0.493 e. The fourth-order valence-electron chi connectivity index (χ4n) is 1.67. The van der Waals surface area contributed by atoms with Crippen LogP contribution in [-0.2, 0) is 4.79 Å². The summed E-state index contributed by atoms with van der Waals surface area (Å²) in [5, 5.41) is 10.9. The molecule has 0 aliphatic carbocycles. The second-order valence-corrected chi connectivity index (χ2v) is 3.85. The first-order chi connectivity index (χ1) is 10.2. The van der Waals surface area contributed by atoms with E-state index in [2.05, 4.69) is 0 Å². The van der Waals surface area contributed by atoms with Crippen LogP contribution in [0.1, 0.15) is 0 Å². The first kappa shape index (κ1) is 14.3. The molecule has 2 rings (SSSR count). The van der Waals surface area contributed by atoms with Gasteiger partial charge in [0.1, 0.15) is 5.75 Å². The van der Waals surface area contributed by atoms with E-state index in [1.165, 1.54) is 37.4 Å². The van der Waals surface area contributed by atoms with Gasteiger partial charge in [0.25, 0.3) is 6.47 Å². The predicted octanol–water partition coefficient (Wildman–Crippen LogP) is 2.93. The molecule has 0 aliphatic heterocycles. The smallest absolute Gasteiger partial charge is 0.311 e. The molecule has 0 aliphatic rings. The van der Waals surface area contributed by atoms with Gasteiger partial charge in [0.05, 0.1) is 12.0 Å². The van der Waals surface area contributed by atoms with Gasteiger partial charge in [-0.05, 0) is 18.2 Å². The van der Waals surface area contributed by atoms with Crippen LogP contribution >= 0.6 is 0 Å². The molecule has 0 saturated carbocycles. The Morgan fingerprint density at radius 1 is 1.10 bits per heavy atom. The van der Waals surface area contributed by atoms with Gasteiger partial charge in [0, 0.05) is 12.1 Å². The molecule has 0 N–H and O–H groups in total. The average Bonchev–Trinajstić information content (AvgIpc) is 2.49. The Kier molecular flexibility index (Phi) is 4.35. The standard InChI is InChI=1S/C14H11NO6/c1-19-14-8-10(20-9-16)6-7-13(14)21-12-5-3-2-4-11(12)15(17)18/h2-9H,1H3. The van der Waals surface area contributed by atoms with E-state index >= 15 is 0 Å². The van der Waals surface area contributed by atoms with Crippen LogP contribution in [-0.4, -0.2) is 18.5 Å². The van der Waals surface area contributed by atoms with E-state index in [-0.39, 0.29) is 35.2 Å². The topological polar surface area (TPSA) is 87.9 Å². The Labute approximate surface area is 119 Å². The lowest BCUT2D eigenvalue weighted by Gasteiger charge is -2.11. The number of hydrogen-bond donors (Lipinski definition) is 0. The average molecular weight is 289 g/mol. The molecule has 0 heterocycles. The van der Waals surface area contributed by atoms with Crippen LogP contribution in [0, 0.1) is 10.1 Å². The summed E-state index contributed by atoms with van der Waals surface area (Å²) in [4.78, 5) is 20.7. The Balaban J connectivity index is 2.35. The van der Waals surface area contributed by atoms with Crippen LogP contribution in [0.15, 0.2) is 42.5 Å². The van der Waals surface area contributed by atoms with Crippen molar-refractivity contribution in [3.8, 4) is 23.0 Å². The zero-order chi connectivity index (χ0) is 15.2. The maximum Gasteiger partial charge on any atom is 0.311 e. The van der Waals surface area contributed by atoms with E-state index in [1.807, 2.05) is 0 Å². The number of nitro groups is 1. The first-order valence-corrected chi connectivity index (χ1v) is 5.85. The highest BCUT2D eigenvalue weighted by Crippen LogP contribution is 2.37. The Morgan fingerprint density at radius 2 is 1.86 bits per heavy atom. The molecule has 0 amide bonds. The van der Waals surface area contributed by atoms with Crippen molar-refractivity contribution in [1.29, 1.82) is 0 Å². The van der Waals surface area contributed by atoms with Crippen LogP contribution in [0.5, 0.6) is 23.0 Å². The van der Waals surface area contributed by atoms with Crippen molar-refractivity contribution in [3.05, 3.63) is 52.6 Å². The minimum absolute atomic E-state index is 0.0878. The van der Waals surface area contributed by atoms with Gasteiger partial charge >= 0.3 is 5.69 Å². The van der Waals surface area contributed by atoms with Gasteiger partial charge in [0.15, 0.2) is 11.5 Å². The van der Waals surface area contributed by atoms with Gasteiger partial charge in [-0.3, -0.25) is 14.9 Å². The summed E-state index contributed by atoms with van der Waals surface area (Å²) in [5.74, 6) is 0.916. The van der Waals surface area contributed by atoms with Crippen LogP contribution in [0.3, 0.4) is 0 Å². The highest BCUT2D eigenvalue weighted by molar-refractivity contribution is 5.54. The molecule has 2 aromatic rings. The number of methoxy groups -OCH3 is 1. The number of carbonyl (C=O) groups is 1. The Hall–Kier alpha value is -3.09. The lowest BCUT2D eigenvalue weighted by molar-refractivity contribution is -0.385. The minimum atomic E-state index is -0.536. The molecule has 0 fully saturated rings. The molecule has 21 heavy (non-hydrogen) atoms. The summed E-state index contributed by atoms with van der Waals surface area (Å²) in [5.41, 5.74) is -0.159. The zero-order valence-electron chi connectivity index (χ0n) is 11.0. The number of hydrogen-bond acceptors (Lipinski definition) is 6. The van der Waals surface area contributed by atoms with E-state index in [0.29, 0.717) is 0 Å². The van der Waals surface area contributed by atoms with Gasteiger partial charge < -0.3 is 14.2 Å². The quantitative estimate of drug-likeness (QED) is 0.461. The molecule has 7 nitrogen and oxygen atoms in total. The zero-order valence-corrected chi connectivity index (χ0v) is 11.0. The molecule has 0 saturated heterocycles. The monoisotopic (exact) mass is 289 g/mol. The van der Waals surface area contributed by atoms with Gasteiger partial charge in [-0.25, -0.2) is 0 Å². The van der Waals surface area contributed by atoms with Crippen molar-refractivity contribution in [2.24, 2.45) is 0 Å². The van der Waals surface area contributed by atoms with Crippen molar-refractivity contribution in [1.82, 2.24) is 0 Å². The fourth-order valence-corrected chi connectivity index (χ4v) is 1.67. The predicted molar refractivity (Wildman–Crippen MR) is 72.9 cm³/mol. The van der Waals surface area contributed by atoms with Crippen LogP contribution in [0.4, 0.5) is 5.69 Å². The summed E-state index contributed by atoms with van der Waals surface area (Å²) in [7, 11) is 1.41. The lowest BCUT2D eigenvalue weighted by Crippen LogP contribution is -1.96. The number of nitro benzene ring substituents is 1. The third kappa shape index (κ3) is 3.27. The van der Waals surface area contributed by atoms with Gasteiger partial charge in [-0.2, -0.15) is 0 Å². The minimum Gasteiger partial charge on any atom is -0.493 e. The van der Waals surface area contributed by atoms with Crippen LogP contribution in [0.2, 0.25) is 0 Å². The molecule has 0 unspecified atom stereocenters. The van der Waals surface area contributed by atoms with Crippen LogP contribution < -0.4 is 14.2 Å². The molecule has 108 valence electrons. The van der Waals surface area contributed by atoms with E-state index in [0.717, 1.165) is 0 Å². The van der Waals surface area contributed by atoms with Crippen molar-refractivity contribution >= 4 is 12.2 Å². The number of nitrogens with zero attached hydrogens (tertiary/aromatic N) is 1. The molecule has 0 aromatic heterocycles. The second kappa shape index (κ2) is 6.38. The second-order valence-electron chi connectivity index (χ2n) is 3.85. The molecule has 7 heteroatoms. The van der Waals surface area contributed by atoms with Gasteiger partial charge in [0.2, 0.25) is 5.75 Å². The molecule has 0 bridgehead atoms.